The summed E-state index contributed by atoms with van der Waals surface area (Å²) in [5.74, 6) is 1.07. The fraction of sp³-hybridized carbons (Fsp3) is 0.286. The maximum absolute atomic E-state index is 13.5. The number of hydrogen-bond acceptors (Lipinski definition) is 4. The highest BCUT2D eigenvalue weighted by Gasteiger charge is 2.36. The highest BCUT2D eigenvalue weighted by Crippen LogP contribution is 2.44. The lowest BCUT2D eigenvalue weighted by molar-refractivity contribution is -0.118. The molecule has 0 fully saturated rings. The monoisotopic (exact) mass is 492 g/mol. The minimum Gasteiger partial charge on any atom is -0.493 e. The van der Waals surface area contributed by atoms with Crippen molar-refractivity contribution in [1.29, 1.82) is 0 Å². The second-order valence-electron chi connectivity index (χ2n) is 8.66. The molecule has 0 aliphatic carbocycles. The molecule has 2 atom stereocenters. The van der Waals surface area contributed by atoms with E-state index in [1.54, 1.807) is 24.1 Å². The summed E-state index contributed by atoms with van der Waals surface area (Å²) in [5, 5.41) is 3.39. The van der Waals surface area contributed by atoms with Gasteiger partial charge in [-0.25, -0.2) is 0 Å². The number of rotatable bonds is 7. The van der Waals surface area contributed by atoms with Gasteiger partial charge in [0.05, 0.1) is 25.7 Å². The van der Waals surface area contributed by atoms with E-state index in [-0.39, 0.29) is 30.4 Å². The zero-order chi connectivity index (χ0) is 25.1. The zero-order valence-electron chi connectivity index (χ0n) is 20.3. The number of methoxy groups -OCH3 is 1. The third kappa shape index (κ3) is 5.28. The first-order chi connectivity index (χ1) is 16.8. The van der Waals surface area contributed by atoms with Gasteiger partial charge >= 0.3 is 0 Å². The summed E-state index contributed by atoms with van der Waals surface area (Å²) in [6.07, 6.45) is 1.09. The van der Waals surface area contributed by atoms with E-state index in [4.69, 9.17) is 21.1 Å². The maximum atomic E-state index is 13.5. The summed E-state index contributed by atoms with van der Waals surface area (Å²) in [6.45, 7) is 5.54. The number of amides is 2. The maximum Gasteiger partial charge on any atom is 0.232 e. The Hall–Kier alpha value is -3.51. The fourth-order valence-electron chi connectivity index (χ4n) is 4.28. The van der Waals surface area contributed by atoms with E-state index in [1.807, 2.05) is 55.5 Å². The van der Waals surface area contributed by atoms with Gasteiger partial charge in [0.25, 0.3) is 0 Å². The van der Waals surface area contributed by atoms with Crippen molar-refractivity contribution < 1.29 is 19.1 Å². The number of anilines is 2. The summed E-state index contributed by atoms with van der Waals surface area (Å²) in [5.41, 5.74) is 4.19. The molecule has 1 unspecified atom stereocenters. The summed E-state index contributed by atoms with van der Waals surface area (Å²) in [4.78, 5) is 26.8. The number of carbonyl (C=O) groups excluding carboxylic acids is 2. The van der Waals surface area contributed by atoms with E-state index in [0.29, 0.717) is 22.2 Å². The number of carbonyl (C=O) groups is 2. The standard InChI is InChI=1S/C28H29ClN2O4/c1-5-17(2)35-26-16-24-20(14-25(26)34-4)15-27(33)31(28(24)19-6-8-21(29)9-7-19)23-12-10-22(11-13-23)30-18(3)32/h6-14,16-17,28H,5,15H2,1-4H3,(H,30,32)/t17-,28?/m1/s1. The Morgan fingerprint density at radius 2 is 1.80 bits per heavy atom. The molecule has 3 aromatic carbocycles. The van der Waals surface area contributed by atoms with Crippen LogP contribution in [0.2, 0.25) is 5.02 Å². The Balaban J connectivity index is 1.85. The van der Waals surface area contributed by atoms with Crippen molar-refractivity contribution in [2.24, 2.45) is 0 Å². The van der Waals surface area contributed by atoms with Crippen LogP contribution in [0.25, 0.3) is 0 Å². The van der Waals surface area contributed by atoms with Gasteiger partial charge in [-0.2, -0.15) is 0 Å². The molecule has 0 aromatic heterocycles. The summed E-state index contributed by atoms with van der Waals surface area (Å²) in [7, 11) is 1.61. The minimum atomic E-state index is -0.389. The minimum absolute atomic E-state index is 0.0126. The zero-order valence-corrected chi connectivity index (χ0v) is 21.1. The molecule has 1 aliphatic rings. The van der Waals surface area contributed by atoms with E-state index in [2.05, 4.69) is 12.2 Å². The lowest BCUT2D eigenvalue weighted by Gasteiger charge is -2.38. The van der Waals surface area contributed by atoms with Crippen LogP contribution in [-0.2, 0) is 16.0 Å². The van der Waals surface area contributed by atoms with Gasteiger partial charge in [-0.15, -0.1) is 0 Å². The van der Waals surface area contributed by atoms with E-state index in [0.717, 1.165) is 28.8 Å². The third-order valence-corrected chi connectivity index (χ3v) is 6.40. The first kappa shape index (κ1) is 24.6. The molecule has 1 N–H and O–H groups in total. The average Bonchev–Trinajstić information content (AvgIpc) is 2.84. The fourth-order valence-corrected chi connectivity index (χ4v) is 4.41. The van der Waals surface area contributed by atoms with Crippen LogP contribution in [0.3, 0.4) is 0 Å². The first-order valence-corrected chi connectivity index (χ1v) is 12.0. The van der Waals surface area contributed by atoms with Gasteiger partial charge in [0.2, 0.25) is 11.8 Å². The second kappa shape index (κ2) is 10.4. The van der Waals surface area contributed by atoms with Gasteiger partial charge in [-0.1, -0.05) is 30.7 Å². The van der Waals surface area contributed by atoms with Crippen molar-refractivity contribution in [1.82, 2.24) is 0 Å². The van der Waals surface area contributed by atoms with Crippen LogP contribution in [0.5, 0.6) is 11.5 Å². The van der Waals surface area contributed by atoms with Crippen LogP contribution >= 0.6 is 11.6 Å². The molecule has 182 valence electrons. The Morgan fingerprint density at radius 3 is 2.40 bits per heavy atom. The highest BCUT2D eigenvalue weighted by atomic mass is 35.5. The Labute approximate surface area is 210 Å². The molecule has 6 nitrogen and oxygen atoms in total. The summed E-state index contributed by atoms with van der Waals surface area (Å²) >= 11 is 6.18. The van der Waals surface area contributed by atoms with Crippen LogP contribution in [0.4, 0.5) is 11.4 Å². The van der Waals surface area contributed by atoms with E-state index in [9.17, 15) is 9.59 Å². The van der Waals surface area contributed by atoms with Crippen LogP contribution in [0.1, 0.15) is 49.9 Å². The second-order valence-corrected chi connectivity index (χ2v) is 9.10. The number of fused-ring (bicyclic) bond motifs is 1. The van der Waals surface area contributed by atoms with E-state index < -0.39 is 0 Å². The normalized spacial score (nSPS) is 15.9. The van der Waals surface area contributed by atoms with Gasteiger partial charge in [0, 0.05) is 23.3 Å². The van der Waals surface area contributed by atoms with Crippen molar-refractivity contribution >= 4 is 34.8 Å². The number of benzene rings is 3. The average molecular weight is 493 g/mol. The van der Waals surface area contributed by atoms with Gasteiger partial charge < -0.3 is 19.7 Å². The Kier molecular flexibility index (Phi) is 7.31. The van der Waals surface area contributed by atoms with Crippen molar-refractivity contribution in [3.05, 3.63) is 82.4 Å². The van der Waals surface area contributed by atoms with Crippen molar-refractivity contribution in [2.75, 3.05) is 17.3 Å². The summed E-state index contributed by atoms with van der Waals surface area (Å²) < 4.78 is 11.8. The molecule has 3 aromatic rings. The highest BCUT2D eigenvalue weighted by molar-refractivity contribution is 6.30. The Bertz CT molecular complexity index is 1220. The smallest absolute Gasteiger partial charge is 0.232 e. The quantitative estimate of drug-likeness (QED) is 0.428. The molecule has 0 saturated heterocycles. The van der Waals surface area contributed by atoms with Crippen LogP contribution < -0.4 is 19.7 Å². The molecule has 1 heterocycles. The molecule has 0 spiro atoms. The number of nitrogens with one attached hydrogen (secondary N) is 1. The molecular weight excluding hydrogens is 464 g/mol. The number of ether oxygens (including phenoxy) is 2. The van der Waals surface area contributed by atoms with Gasteiger partial charge in [0.1, 0.15) is 0 Å². The third-order valence-electron chi connectivity index (χ3n) is 6.14. The molecule has 2 amide bonds. The van der Waals surface area contributed by atoms with Gasteiger partial charge in [-0.05, 0) is 78.6 Å². The molecule has 4 rings (SSSR count). The predicted molar refractivity (Wildman–Crippen MR) is 139 cm³/mol. The van der Waals surface area contributed by atoms with Crippen molar-refractivity contribution in [3.63, 3.8) is 0 Å². The summed E-state index contributed by atoms with van der Waals surface area (Å²) in [6, 6.07) is 18.3. The molecule has 0 radical (unpaired) electrons. The number of hydrogen-bond donors (Lipinski definition) is 1. The lowest BCUT2D eigenvalue weighted by Crippen LogP contribution is -2.41. The molecule has 35 heavy (non-hydrogen) atoms. The molecular formula is C28H29ClN2O4. The SMILES string of the molecule is CC[C@@H](C)Oc1cc2c(cc1OC)CC(=O)N(c1ccc(NC(C)=O)cc1)C2c1ccc(Cl)cc1. The van der Waals surface area contributed by atoms with Crippen molar-refractivity contribution in [2.45, 2.75) is 45.8 Å². The lowest BCUT2D eigenvalue weighted by atomic mass is 9.86. The first-order valence-electron chi connectivity index (χ1n) is 11.6. The predicted octanol–water partition coefficient (Wildman–Crippen LogP) is 6.16. The van der Waals surface area contributed by atoms with E-state index >= 15 is 0 Å². The Morgan fingerprint density at radius 1 is 1.11 bits per heavy atom. The molecule has 0 saturated carbocycles. The molecule has 0 bridgehead atoms. The van der Waals surface area contributed by atoms with Crippen LogP contribution in [0.15, 0.2) is 60.7 Å². The largest absolute Gasteiger partial charge is 0.493 e. The van der Waals surface area contributed by atoms with Crippen LogP contribution in [0, 0.1) is 0 Å². The van der Waals surface area contributed by atoms with Crippen molar-refractivity contribution in [3.8, 4) is 11.5 Å². The topological polar surface area (TPSA) is 67.9 Å². The number of nitrogens with zero attached hydrogens (tertiary/aromatic N) is 1. The molecule has 7 heteroatoms. The van der Waals surface area contributed by atoms with Gasteiger partial charge in [0.15, 0.2) is 11.5 Å². The van der Waals surface area contributed by atoms with Gasteiger partial charge in [-0.3, -0.25) is 9.59 Å². The van der Waals surface area contributed by atoms with E-state index in [1.165, 1.54) is 6.92 Å². The number of halogens is 1. The molecule has 1 aliphatic heterocycles. The van der Waals surface area contributed by atoms with Crippen LogP contribution in [-0.4, -0.2) is 25.0 Å².